The fraction of sp³-hybridized carbons (Fsp3) is 0.417. The maximum atomic E-state index is 13.2. The van der Waals surface area contributed by atoms with Crippen LogP contribution in [0.4, 0.5) is 5.69 Å². The van der Waals surface area contributed by atoms with Crippen LogP contribution in [0, 0.1) is 0 Å². The summed E-state index contributed by atoms with van der Waals surface area (Å²) in [4.78, 5) is 27.8. The second-order valence-electron chi connectivity index (χ2n) is 6.92. The third-order valence-corrected chi connectivity index (χ3v) is 4.97. The quantitative estimate of drug-likeness (QED) is 0.320. The molecule has 0 aliphatic rings. The molecule has 0 saturated heterocycles. The third kappa shape index (κ3) is 5.59. The topological polar surface area (TPSA) is 66.8 Å². The Morgan fingerprint density at radius 1 is 0.931 bits per heavy atom. The van der Waals surface area contributed by atoms with Gasteiger partial charge in [0.05, 0.1) is 23.4 Å². The predicted molar refractivity (Wildman–Crippen MR) is 116 cm³/mol. The van der Waals surface area contributed by atoms with Crippen molar-refractivity contribution in [2.45, 2.75) is 46.5 Å². The number of ketones is 1. The van der Waals surface area contributed by atoms with Gasteiger partial charge < -0.3 is 14.7 Å². The van der Waals surface area contributed by atoms with Crippen LogP contribution < -0.4 is 4.90 Å². The first-order valence-electron chi connectivity index (χ1n) is 10.4. The van der Waals surface area contributed by atoms with Crippen molar-refractivity contribution in [2.75, 3.05) is 24.6 Å². The molecule has 5 nitrogen and oxygen atoms in total. The molecule has 1 N–H and O–H groups in total. The van der Waals surface area contributed by atoms with Gasteiger partial charge in [0.2, 0.25) is 0 Å². The summed E-state index contributed by atoms with van der Waals surface area (Å²) in [6.07, 6.45) is 3.97. The number of aromatic hydroxyl groups is 1. The second kappa shape index (κ2) is 11.2. The van der Waals surface area contributed by atoms with Crippen molar-refractivity contribution < 1.29 is 19.4 Å². The van der Waals surface area contributed by atoms with Crippen LogP contribution in [0.15, 0.2) is 42.5 Å². The van der Waals surface area contributed by atoms with Crippen molar-refractivity contribution in [3.63, 3.8) is 0 Å². The predicted octanol–water partition coefficient (Wildman–Crippen LogP) is 5.21. The van der Waals surface area contributed by atoms with Gasteiger partial charge in [0.15, 0.2) is 11.5 Å². The zero-order valence-electron chi connectivity index (χ0n) is 17.6. The summed E-state index contributed by atoms with van der Waals surface area (Å²) in [6.45, 7) is 7.71. The van der Waals surface area contributed by atoms with Crippen LogP contribution in [0.3, 0.4) is 0 Å². The number of rotatable bonds is 11. The molecule has 29 heavy (non-hydrogen) atoms. The first kappa shape index (κ1) is 22.5. The molecule has 0 fully saturated rings. The summed E-state index contributed by atoms with van der Waals surface area (Å²) < 4.78 is 5.39. The van der Waals surface area contributed by atoms with Crippen molar-refractivity contribution in [1.29, 1.82) is 0 Å². The Bertz CT molecular complexity index is 813. The number of carbonyl (C=O) groups is 2. The van der Waals surface area contributed by atoms with Gasteiger partial charge in [0, 0.05) is 18.7 Å². The van der Waals surface area contributed by atoms with Crippen molar-refractivity contribution >= 4 is 17.4 Å². The second-order valence-corrected chi connectivity index (χ2v) is 6.92. The maximum Gasteiger partial charge on any atom is 0.339 e. The van der Waals surface area contributed by atoms with Crippen LogP contribution in [0.5, 0.6) is 5.75 Å². The summed E-state index contributed by atoms with van der Waals surface area (Å²) in [5.41, 5.74) is 1.05. The number of anilines is 1. The van der Waals surface area contributed by atoms with Crippen LogP contribution in [-0.2, 0) is 4.74 Å². The number of phenolic OH excluding ortho intramolecular Hbond substituents is 1. The molecule has 0 bridgehead atoms. The number of nitrogens with zero attached hydrogens (tertiary/aromatic N) is 1. The zero-order chi connectivity index (χ0) is 21.2. The molecule has 0 amide bonds. The Morgan fingerprint density at radius 3 is 2.24 bits per heavy atom. The minimum Gasteiger partial charge on any atom is -0.505 e. The van der Waals surface area contributed by atoms with E-state index in [9.17, 15) is 14.7 Å². The van der Waals surface area contributed by atoms with Gasteiger partial charge in [-0.3, -0.25) is 4.79 Å². The van der Waals surface area contributed by atoms with E-state index in [0.29, 0.717) is 30.9 Å². The molecule has 0 heterocycles. The molecule has 0 radical (unpaired) electrons. The number of benzene rings is 2. The lowest BCUT2D eigenvalue weighted by molar-refractivity contribution is 0.0494. The van der Waals surface area contributed by atoms with Crippen molar-refractivity contribution in [3.05, 3.63) is 59.2 Å². The number of unbranched alkanes of at least 4 members (excludes halogenated alkanes) is 3. The summed E-state index contributed by atoms with van der Waals surface area (Å²) in [5.74, 6) is -1.15. The molecule has 0 atom stereocenters. The summed E-state index contributed by atoms with van der Waals surface area (Å²) in [7, 11) is 0. The average molecular weight is 398 g/mol. The maximum absolute atomic E-state index is 13.2. The molecule has 0 unspecified atom stereocenters. The van der Waals surface area contributed by atoms with Gasteiger partial charge in [-0.2, -0.15) is 0 Å². The summed E-state index contributed by atoms with van der Waals surface area (Å²) in [5, 5.41) is 11.0. The van der Waals surface area contributed by atoms with Crippen LogP contribution in [0.1, 0.15) is 72.7 Å². The van der Waals surface area contributed by atoms with Crippen LogP contribution >= 0.6 is 0 Å². The lowest BCUT2D eigenvalue weighted by Crippen LogP contribution is -2.23. The molecule has 0 aliphatic heterocycles. The largest absolute Gasteiger partial charge is 0.505 e. The molecule has 0 spiro atoms. The average Bonchev–Trinajstić information content (AvgIpc) is 2.75. The minimum atomic E-state index is -0.581. The number of hydrogen-bond acceptors (Lipinski definition) is 5. The third-order valence-electron chi connectivity index (χ3n) is 4.97. The first-order chi connectivity index (χ1) is 14.0. The molecule has 156 valence electrons. The van der Waals surface area contributed by atoms with Crippen LogP contribution in [0.2, 0.25) is 0 Å². The van der Waals surface area contributed by atoms with E-state index in [1.54, 1.807) is 36.4 Å². The molecule has 0 saturated carbocycles. The zero-order valence-corrected chi connectivity index (χ0v) is 17.6. The van der Waals surface area contributed by atoms with Crippen molar-refractivity contribution in [3.8, 4) is 5.75 Å². The van der Waals surface area contributed by atoms with E-state index in [1.165, 1.54) is 0 Å². The molecule has 0 aliphatic carbocycles. The highest BCUT2D eigenvalue weighted by molar-refractivity contribution is 6.17. The van der Waals surface area contributed by atoms with Gasteiger partial charge in [0.25, 0.3) is 0 Å². The van der Waals surface area contributed by atoms with E-state index in [-0.39, 0.29) is 16.9 Å². The van der Waals surface area contributed by atoms with E-state index in [0.717, 1.165) is 25.7 Å². The lowest BCUT2D eigenvalue weighted by atomic mass is 9.96. The highest BCUT2D eigenvalue weighted by Gasteiger charge is 2.26. The number of ether oxygens (including phenoxy) is 1. The van der Waals surface area contributed by atoms with E-state index in [1.807, 2.05) is 24.8 Å². The molecule has 5 heteroatoms. The van der Waals surface area contributed by atoms with Crippen LogP contribution in [-0.4, -0.2) is 36.6 Å². The SMILES string of the molecule is CCCCCCOC(=O)c1ccc(N(CC)CC)c(O)c1C(=O)c1ccccc1. The standard InChI is InChI=1S/C24H31NO4/c1-4-7-8-12-17-29-24(28)19-15-16-20(25(5-2)6-3)23(27)21(19)22(26)18-13-10-9-11-14-18/h9-11,13-16,27H,4-8,12,17H2,1-3H3. The number of phenols is 1. The monoisotopic (exact) mass is 397 g/mol. The van der Waals surface area contributed by atoms with E-state index in [4.69, 9.17) is 4.74 Å². The van der Waals surface area contributed by atoms with Gasteiger partial charge in [-0.25, -0.2) is 4.79 Å². The number of carbonyl (C=O) groups excluding carboxylic acids is 2. The summed E-state index contributed by atoms with van der Waals surface area (Å²) in [6, 6.07) is 11.9. The normalized spacial score (nSPS) is 10.6. The molecular weight excluding hydrogens is 366 g/mol. The van der Waals surface area contributed by atoms with E-state index in [2.05, 4.69) is 6.92 Å². The molecule has 2 aromatic carbocycles. The van der Waals surface area contributed by atoms with Gasteiger partial charge in [-0.1, -0.05) is 56.5 Å². The Kier molecular flexibility index (Phi) is 8.71. The number of esters is 1. The fourth-order valence-corrected chi connectivity index (χ4v) is 3.30. The van der Waals surface area contributed by atoms with Gasteiger partial charge in [-0.05, 0) is 32.4 Å². The van der Waals surface area contributed by atoms with Gasteiger partial charge >= 0.3 is 5.97 Å². The molecule has 2 aromatic rings. The highest BCUT2D eigenvalue weighted by Crippen LogP contribution is 2.35. The number of hydrogen-bond donors (Lipinski definition) is 1. The Morgan fingerprint density at radius 2 is 1.62 bits per heavy atom. The highest BCUT2D eigenvalue weighted by atomic mass is 16.5. The lowest BCUT2D eigenvalue weighted by Gasteiger charge is -2.24. The Labute approximate surface area is 173 Å². The minimum absolute atomic E-state index is 0.000779. The molecule has 0 aromatic heterocycles. The summed E-state index contributed by atoms with van der Waals surface area (Å²) >= 11 is 0. The van der Waals surface area contributed by atoms with Gasteiger partial charge in [0.1, 0.15) is 0 Å². The van der Waals surface area contributed by atoms with Gasteiger partial charge in [-0.15, -0.1) is 0 Å². The Hall–Kier alpha value is -2.82. The fourth-order valence-electron chi connectivity index (χ4n) is 3.30. The van der Waals surface area contributed by atoms with Crippen molar-refractivity contribution in [1.82, 2.24) is 0 Å². The molecule has 2 rings (SSSR count). The van der Waals surface area contributed by atoms with Crippen molar-refractivity contribution in [2.24, 2.45) is 0 Å². The van der Waals surface area contributed by atoms with E-state index >= 15 is 0 Å². The Balaban J connectivity index is 2.40. The smallest absolute Gasteiger partial charge is 0.339 e. The first-order valence-corrected chi connectivity index (χ1v) is 10.4. The molecular formula is C24H31NO4. The van der Waals surface area contributed by atoms with E-state index < -0.39 is 11.8 Å². The van der Waals surface area contributed by atoms with Crippen LogP contribution in [0.25, 0.3) is 0 Å².